The first kappa shape index (κ1) is 18.5. The predicted molar refractivity (Wildman–Crippen MR) is 108 cm³/mol. The lowest BCUT2D eigenvalue weighted by Crippen LogP contribution is -2.22. The Bertz CT molecular complexity index is 924. The van der Waals surface area contributed by atoms with E-state index < -0.39 is 0 Å². The molecule has 0 saturated heterocycles. The Morgan fingerprint density at radius 2 is 1.61 bits per heavy atom. The van der Waals surface area contributed by atoms with Crippen molar-refractivity contribution in [2.24, 2.45) is 0 Å². The standard InChI is InChI=1S/C22H22N2O3S/c1-17-6-8-19(9-7-17)27-15-22-23-18(16-28-22)12-24(13-20-4-2-10-25-20)14-21-5-3-11-26-21/h2-11,16H,12-15H2,1H3. The normalized spacial score (nSPS) is 11.2. The summed E-state index contributed by atoms with van der Waals surface area (Å²) in [6.07, 6.45) is 3.40. The van der Waals surface area contributed by atoms with Gasteiger partial charge >= 0.3 is 0 Å². The summed E-state index contributed by atoms with van der Waals surface area (Å²) in [6.45, 7) is 4.64. The number of thiazole rings is 1. The van der Waals surface area contributed by atoms with E-state index in [1.807, 2.05) is 48.5 Å². The number of hydrogen-bond acceptors (Lipinski definition) is 6. The van der Waals surface area contributed by atoms with Crippen molar-refractivity contribution < 1.29 is 13.6 Å². The molecule has 0 radical (unpaired) electrons. The molecule has 4 aromatic rings. The number of ether oxygens (including phenoxy) is 1. The molecule has 4 rings (SSSR count). The quantitative estimate of drug-likeness (QED) is 0.379. The molecule has 3 heterocycles. The average Bonchev–Trinajstić information content (AvgIpc) is 3.45. The van der Waals surface area contributed by atoms with Crippen molar-refractivity contribution in [3.8, 4) is 5.75 Å². The monoisotopic (exact) mass is 394 g/mol. The van der Waals surface area contributed by atoms with E-state index >= 15 is 0 Å². The Morgan fingerprint density at radius 1 is 0.929 bits per heavy atom. The van der Waals surface area contributed by atoms with Gasteiger partial charge in [0.1, 0.15) is 28.9 Å². The maximum Gasteiger partial charge on any atom is 0.140 e. The van der Waals surface area contributed by atoms with E-state index in [0.717, 1.165) is 28.0 Å². The van der Waals surface area contributed by atoms with Crippen molar-refractivity contribution in [3.05, 3.63) is 94.2 Å². The second kappa shape index (κ2) is 8.91. The van der Waals surface area contributed by atoms with E-state index in [1.165, 1.54) is 5.56 Å². The lowest BCUT2D eigenvalue weighted by Gasteiger charge is -2.18. The van der Waals surface area contributed by atoms with Gasteiger partial charge in [-0.15, -0.1) is 11.3 Å². The van der Waals surface area contributed by atoms with E-state index in [-0.39, 0.29) is 0 Å². The third-order valence-corrected chi connectivity index (χ3v) is 5.16. The lowest BCUT2D eigenvalue weighted by molar-refractivity contribution is 0.207. The van der Waals surface area contributed by atoms with Gasteiger partial charge in [0.2, 0.25) is 0 Å². The van der Waals surface area contributed by atoms with Crippen LogP contribution in [0.15, 0.2) is 75.3 Å². The van der Waals surface area contributed by atoms with Crippen LogP contribution in [0.1, 0.15) is 27.8 Å². The van der Waals surface area contributed by atoms with Crippen LogP contribution in [0.4, 0.5) is 0 Å². The van der Waals surface area contributed by atoms with Crippen LogP contribution in [-0.4, -0.2) is 9.88 Å². The number of benzene rings is 1. The van der Waals surface area contributed by atoms with Gasteiger partial charge in [-0.3, -0.25) is 4.90 Å². The molecule has 0 bridgehead atoms. The van der Waals surface area contributed by atoms with Gasteiger partial charge in [-0.25, -0.2) is 4.98 Å². The molecule has 0 amide bonds. The molecule has 0 aliphatic heterocycles. The van der Waals surface area contributed by atoms with E-state index in [9.17, 15) is 0 Å². The zero-order valence-electron chi connectivity index (χ0n) is 15.7. The predicted octanol–water partition coefficient (Wildman–Crippen LogP) is 5.42. The van der Waals surface area contributed by atoms with E-state index in [1.54, 1.807) is 23.9 Å². The van der Waals surface area contributed by atoms with Crippen LogP contribution in [0.3, 0.4) is 0 Å². The van der Waals surface area contributed by atoms with E-state index in [0.29, 0.717) is 26.2 Å². The third kappa shape index (κ3) is 5.12. The largest absolute Gasteiger partial charge is 0.486 e. The molecule has 3 aromatic heterocycles. The minimum atomic E-state index is 0.476. The molecule has 0 spiro atoms. The Kier molecular flexibility index (Phi) is 5.89. The molecule has 0 N–H and O–H groups in total. The number of rotatable bonds is 9. The maximum atomic E-state index is 5.84. The smallest absolute Gasteiger partial charge is 0.140 e. The van der Waals surface area contributed by atoms with Crippen molar-refractivity contribution in [1.82, 2.24) is 9.88 Å². The summed E-state index contributed by atoms with van der Waals surface area (Å²) >= 11 is 1.62. The number of furan rings is 2. The van der Waals surface area contributed by atoms with Crippen LogP contribution in [0.5, 0.6) is 5.75 Å². The van der Waals surface area contributed by atoms with E-state index in [2.05, 4.69) is 17.2 Å². The van der Waals surface area contributed by atoms with Gasteiger partial charge in [-0.05, 0) is 43.3 Å². The molecule has 28 heavy (non-hydrogen) atoms. The summed E-state index contributed by atoms with van der Waals surface area (Å²) in [4.78, 5) is 6.98. The highest BCUT2D eigenvalue weighted by atomic mass is 32.1. The molecule has 0 fully saturated rings. The molecule has 0 unspecified atom stereocenters. The highest BCUT2D eigenvalue weighted by Crippen LogP contribution is 2.19. The van der Waals surface area contributed by atoms with Gasteiger partial charge in [0, 0.05) is 11.9 Å². The van der Waals surface area contributed by atoms with Crippen LogP contribution < -0.4 is 4.74 Å². The number of aryl methyl sites for hydroxylation is 1. The Hall–Kier alpha value is -2.83. The highest BCUT2D eigenvalue weighted by Gasteiger charge is 2.13. The maximum absolute atomic E-state index is 5.84. The van der Waals surface area contributed by atoms with Gasteiger partial charge in [0.05, 0.1) is 31.3 Å². The zero-order chi connectivity index (χ0) is 19.2. The van der Waals surface area contributed by atoms with Gasteiger partial charge in [0.15, 0.2) is 0 Å². The first-order chi connectivity index (χ1) is 13.7. The molecule has 0 saturated carbocycles. The molecule has 5 nitrogen and oxygen atoms in total. The minimum absolute atomic E-state index is 0.476. The Balaban J connectivity index is 1.38. The molecule has 6 heteroatoms. The fourth-order valence-electron chi connectivity index (χ4n) is 2.91. The molecule has 0 aliphatic rings. The molecule has 1 aromatic carbocycles. The number of nitrogens with zero attached hydrogens (tertiary/aromatic N) is 2. The van der Waals surface area contributed by atoms with Crippen LogP contribution >= 0.6 is 11.3 Å². The topological polar surface area (TPSA) is 51.6 Å². The fourth-order valence-corrected chi connectivity index (χ4v) is 3.61. The first-order valence-corrected chi connectivity index (χ1v) is 10.0. The summed E-state index contributed by atoms with van der Waals surface area (Å²) in [5.41, 5.74) is 2.24. The SMILES string of the molecule is Cc1ccc(OCc2nc(CN(Cc3ccco3)Cc3ccco3)cs2)cc1. The van der Waals surface area contributed by atoms with Crippen molar-refractivity contribution in [3.63, 3.8) is 0 Å². The molecule has 0 aliphatic carbocycles. The van der Waals surface area contributed by atoms with Crippen molar-refractivity contribution in [2.75, 3.05) is 0 Å². The van der Waals surface area contributed by atoms with Crippen LogP contribution in [0.2, 0.25) is 0 Å². The first-order valence-electron chi connectivity index (χ1n) is 9.14. The third-order valence-electron chi connectivity index (χ3n) is 4.29. The second-order valence-corrected chi connectivity index (χ2v) is 7.58. The van der Waals surface area contributed by atoms with Gasteiger partial charge in [-0.2, -0.15) is 0 Å². The van der Waals surface area contributed by atoms with Gasteiger partial charge in [-0.1, -0.05) is 17.7 Å². The van der Waals surface area contributed by atoms with Crippen molar-refractivity contribution in [2.45, 2.75) is 33.2 Å². The van der Waals surface area contributed by atoms with Crippen LogP contribution in [0.25, 0.3) is 0 Å². The van der Waals surface area contributed by atoms with Crippen LogP contribution in [-0.2, 0) is 26.2 Å². The second-order valence-electron chi connectivity index (χ2n) is 6.64. The minimum Gasteiger partial charge on any atom is -0.486 e. The Labute approximate surface area is 168 Å². The lowest BCUT2D eigenvalue weighted by atomic mass is 10.2. The Morgan fingerprint density at radius 3 is 2.21 bits per heavy atom. The number of aromatic nitrogens is 1. The molecular formula is C22H22N2O3S. The summed E-state index contributed by atoms with van der Waals surface area (Å²) < 4.78 is 16.9. The summed E-state index contributed by atoms with van der Waals surface area (Å²) in [6, 6.07) is 15.8. The van der Waals surface area contributed by atoms with Crippen molar-refractivity contribution in [1.29, 1.82) is 0 Å². The fraction of sp³-hybridized carbons (Fsp3) is 0.227. The molecule has 0 atom stereocenters. The summed E-state index contributed by atoms with van der Waals surface area (Å²) in [5, 5.41) is 3.05. The van der Waals surface area contributed by atoms with Gasteiger partial charge < -0.3 is 13.6 Å². The molecule has 144 valence electrons. The molecular weight excluding hydrogens is 372 g/mol. The highest BCUT2D eigenvalue weighted by molar-refractivity contribution is 7.09. The number of hydrogen-bond donors (Lipinski definition) is 0. The summed E-state index contributed by atoms with van der Waals surface area (Å²) in [5.74, 6) is 2.70. The van der Waals surface area contributed by atoms with E-state index in [4.69, 9.17) is 18.6 Å². The summed E-state index contributed by atoms with van der Waals surface area (Å²) in [7, 11) is 0. The van der Waals surface area contributed by atoms with Crippen LogP contribution in [0, 0.1) is 6.92 Å². The van der Waals surface area contributed by atoms with Gasteiger partial charge in [0.25, 0.3) is 0 Å². The van der Waals surface area contributed by atoms with Crippen molar-refractivity contribution >= 4 is 11.3 Å². The average molecular weight is 394 g/mol. The zero-order valence-corrected chi connectivity index (χ0v) is 16.5.